The second-order valence-electron chi connectivity index (χ2n) is 7.65. The zero-order valence-electron chi connectivity index (χ0n) is 17.2. The van der Waals surface area contributed by atoms with Gasteiger partial charge in [0.1, 0.15) is 0 Å². The van der Waals surface area contributed by atoms with Gasteiger partial charge in [0.25, 0.3) is 5.91 Å². The Morgan fingerprint density at radius 1 is 0.839 bits per heavy atom. The van der Waals surface area contributed by atoms with Gasteiger partial charge in [-0.05, 0) is 46.7 Å². The number of fused-ring (bicyclic) bond motifs is 2. The lowest BCUT2D eigenvalue weighted by Crippen LogP contribution is -2.26. The highest BCUT2D eigenvalue weighted by atomic mass is 16.2. The number of nitrogens with zero attached hydrogens (tertiary/aromatic N) is 3. The van der Waals surface area contributed by atoms with Gasteiger partial charge in [0.15, 0.2) is 0 Å². The molecule has 5 aromatic rings. The van der Waals surface area contributed by atoms with Crippen molar-refractivity contribution >= 4 is 27.6 Å². The average Bonchev–Trinajstić information content (AvgIpc) is 2.83. The monoisotopic (exact) mass is 403 g/mol. The van der Waals surface area contributed by atoms with Crippen LogP contribution >= 0.6 is 0 Å². The number of pyridine rings is 2. The zero-order valence-corrected chi connectivity index (χ0v) is 17.2. The summed E-state index contributed by atoms with van der Waals surface area (Å²) in [4.78, 5) is 24.1. The van der Waals surface area contributed by atoms with Crippen molar-refractivity contribution in [1.82, 2.24) is 14.9 Å². The van der Waals surface area contributed by atoms with E-state index in [0.717, 1.165) is 27.7 Å². The van der Waals surface area contributed by atoms with Gasteiger partial charge in [-0.15, -0.1) is 0 Å². The maximum absolute atomic E-state index is 13.5. The summed E-state index contributed by atoms with van der Waals surface area (Å²) in [5.41, 5.74) is 4.26. The molecular weight excluding hydrogens is 382 g/mol. The van der Waals surface area contributed by atoms with E-state index in [1.54, 1.807) is 17.3 Å². The minimum Gasteiger partial charge on any atom is -0.337 e. The SMILES string of the molecule is CN(Cc1ccc2ccccc2c1)C(=O)c1cc(-c2ccncc2)nc2ccccc12. The minimum atomic E-state index is -0.0259. The highest BCUT2D eigenvalue weighted by molar-refractivity contribution is 6.07. The van der Waals surface area contributed by atoms with Crippen molar-refractivity contribution in [2.24, 2.45) is 0 Å². The number of benzene rings is 3. The summed E-state index contributed by atoms with van der Waals surface area (Å²) in [6.07, 6.45) is 3.47. The summed E-state index contributed by atoms with van der Waals surface area (Å²) in [7, 11) is 1.85. The molecule has 3 aromatic carbocycles. The Balaban J connectivity index is 1.52. The van der Waals surface area contributed by atoms with Gasteiger partial charge in [-0.25, -0.2) is 4.98 Å². The lowest BCUT2D eigenvalue weighted by molar-refractivity contribution is 0.0787. The van der Waals surface area contributed by atoms with Crippen molar-refractivity contribution in [3.05, 3.63) is 108 Å². The van der Waals surface area contributed by atoms with Crippen LogP contribution in [0.2, 0.25) is 0 Å². The standard InChI is InChI=1S/C27H21N3O/c1-30(18-19-10-11-20-6-2-3-7-22(20)16-19)27(31)24-17-26(21-12-14-28-15-13-21)29-25-9-5-4-8-23(24)25/h2-17H,18H2,1H3. The molecule has 0 spiro atoms. The van der Waals surface area contributed by atoms with E-state index in [2.05, 4.69) is 35.3 Å². The summed E-state index contributed by atoms with van der Waals surface area (Å²) in [5, 5.41) is 3.23. The molecule has 150 valence electrons. The molecule has 4 heteroatoms. The average molecular weight is 403 g/mol. The number of hydrogen-bond acceptors (Lipinski definition) is 3. The Morgan fingerprint density at radius 3 is 2.42 bits per heavy atom. The number of hydrogen-bond donors (Lipinski definition) is 0. The molecule has 5 rings (SSSR count). The van der Waals surface area contributed by atoms with E-state index in [0.29, 0.717) is 12.1 Å². The number of rotatable bonds is 4. The highest BCUT2D eigenvalue weighted by Gasteiger charge is 2.18. The summed E-state index contributed by atoms with van der Waals surface area (Å²) in [6.45, 7) is 0.533. The molecule has 0 bridgehead atoms. The van der Waals surface area contributed by atoms with Crippen molar-refractivity contribution in [2.45, 2.75) is 6.54 Å². The van der Waals surface area contributed by atoms with E-state index >= 15 is 0 Å². The third-order valence-corrected chi connectivity index (χ3v) is 5.50. The van der Waals surface area contributed by atoms with Gasteiger partial charge < -0.3 is 4.90 Å². The predicted molar refractivity (Wildman–Crippen MR) is 125 cm³/mol. The molecule has 0 radical (unpaired) electrons. The van der Waals surface area contributed by atoms with Crippen LogP contribution in [0.5, 0.6) is 0 Å². The van der Waals surface area contributed by atoms with Gasteiger partial charge >= 0.3 is 0 Å². The number of carbonyl (C=O) groups excluding carboxylic acids is 1. The number of amides is 1. The zero-order chi connectivity index (χ0) is 21.2. The number of aromatic nitrogens is 2. The maximum Gasteiger partial charge on any atom is 0.254 e. The van der Waals surface area contributed by atoms with E-state index in [9.17, 15) is 4.79 Å². The molecule has 31 heavy (non-hydrogen) atoms. The Labute approximate surface area is 180 Å². The molecule has 0 fully saturated rings. The normalized spacial score (nSPS) is 11.0. The largest absolute Gasteiger partial charge is 0.337 e. The molecule has 1 amide bonds. The molecule has 0 saturated carbocycles. The van der Waals surface area contributed by atoms with E-state index < -0.39 is 0 Å². The second-order valence-corrected chi connectivity index (χ2v) is 7.65. The molecule has 2 heterocycles. The third-order valence-electron chi connectivity index (χ3n) is 5.50. The van der Waals surface area contributed by atoms with Crippen LogP contribution < -0.4 is 0 Å². The topological polar surface area (TPSA) is 46.1 Å². The predicted octanol–water partition coefficient (Wildman–Crippen LogP) is 5.72. The molecule has 0 saturated heterocycles. The minimum absolute atomic E-state index is 0.0259. The van der Waals surface area contributed by atoms with Crippen LogP contribution in [0, 0.1) is 0 Å². The van der Waals surface area contributed by atoms with Crippen molar-refractivity contribution in [1.29, 1.82) is 0 Å². The van der Waals surface area contributed by atoms with Crippen LogP contribution in [-0.4, -0.2) is 27.8 Å². The number of para-hydroxylation sites is 1. The Hall–Kier alpha value is -4.05. The van der Waals surface area contributed by atoms with Crippen LogP contribution in [0.1, 0.15) is 15.9 Å². The second kappa shape index (κ2) is 8.00. The summed E-state index contributed by atoms with van der Waals surface area (Å²) in [5.74, 6) is -0.0259. The van der Waals surface area contributed by atoms with Gasteiger partial charge in [-0.3, -0.25) is 9.78 Å². The van der Waals surface area contributed by atoms with E-state index in [1.807, 2.05) is 61.6 Å². The molecular formula is C27H21N3O. The summed E-state index contributed by atoms with van der Waals surface area (Å²) >= 11 is 0. The quantitative estimate of drug-likeness (QED) is 0.385. The Bertz CT molecular complexity index is 1400. The maximum atomic E-state index is 13.5. The first-order valence-electron chi connectivity index (χ1n) is 10.2. The lowest BCUT2D eigenvalue weighted by atomic mass is 10.0. The smallest absolute Gasteiger partial charge is 0.254 e. The third kappa shape index (κ3) is 3.76. The first-order chi connectivity index (χ1) is 15.2. The van der Waals surface area contributed by atoms with Crippen molar-refractivity contribution in [2.75, 3.05) is 7.05 Å². The van der Waals surface area contributed by atoms with Crippen LogP contribution in [0.3, 0.4) is 0 Å². The van der Waals surface area contributed by atoms with Gasteiger partial charge in [-0.1, -0.05) is 54.6 Å². The number of carbonyl (C=O) groups is 1. The molecule has 4 nitrogen and oxygen atoms in total. The first kappa shape index (κ1) is 18.9. The molecule has 0 atom stereocenters. The molecule has 0 aliphatic rings. The molecule has 2 aromatic heterocycles. The van der Waals surface area contributed by atoms with Crippen LogP contribution in [0.4, 0.5) is 0 Å². The van der Waals surface area contributed by atoms with Crippen molar-refractivity contribution < 1.29 is 4.79 Å². The van der Waals surface area contributed by atoms with E-state index in [4.69, 9.17) is 4.98 Å². The molecule has 0 aliphatic carbocycles. The van der Waals surface area contributed by atoms with Crippen LogP contribution in [0.25, 0.3) is 32.9 Å². The van der Waals surface area contributed by atoms with E-state index in [1.165, 1.54) is 10.8 Å². The van der Waals surface area contributed by atoms with Crippen molar-refractivity contribution in [3.8, 4) is 11.3 Å². The van der Waals surface area contributed by atoms with Gasteiger partial charge in [0.2, 0.25) is 0 Å². The van der Waals surface area contributed by atoms with E-state index in [-0.39, 0.29) is 5.91 Å². The fourth-order valence-corrected chi connectivity index (χ4v) is 3.91. The summed E-state index contributed by atoms with van der Waals surface area (Å²) < 4.78 is 0. The first-order valence-corrected chi connectivity index (χ1v) is 10.2. The Morgan fingerprint density at radius 2 is 1.58 bits per heavy atom. The fraction of sp³-hybridized carbons (Fsp3) is 0.0741. The lowest BCUT2D eigenvalue weighted by Gasteiger charge is -2.19. The Kier molecular flexibility index (Phi) is 4.89. The van der Waals surface area contributed by atoms with Crippen molar-refractivity contribution in [3.63, 3.8) is 0 Å². The molecule has 0 unspecified atom stereocenters. The molecule has 0 aliphatic heterocycles. The fourth-order valence-electron chi connectivity index (χ4n) is 3.91. The summed E-state index contributed by atoms with van der Waals surface area (Å²) in [6, 6.07) is 28.1. The van der Waals surface area contributed by atoms with Gasteiger partial charge in [0.05, 0.1) is 16.8 Å². The van der Waals surface area contributed by atoms with Crippen LogP contribution in [-0.2, 0) is 6.54 Å². The van der Waals surface area contributed by atoms with Gasteiger partial charge in [0, 0.05) is 36.9 Å². The van der Waals surface area contributed by atoms with Crippen LogP contribution in [0.15, 0.2) is 97.3 Å². The highest BCUT2D eigenvalue weighted by Crippen LogP contribution is 2.26. The molecule has 0 N–H and O–H groups in total. The van der Waals surface area contributed by atoms with Gasteiger partial charge in [-0.2, -0.15) is 0 Å².